The third-order valence-electron chi connectivity index (χ3n) is 5.62. The van der Waals surface area contributed by atoms with Crippen LogP contribution in [0.1, 0.15) is 54.4 Å². The lowest BCUT2D eigenvalue weighted by Gasteiger charge is -2.33. The van der Waals surface area contributed by atoms with Crippen molar-refractivity contribution in [2.24, 2.45) is 11.3 Å². The Labute approximate surface area is 157 Å². The standard InChI is InChI=1S/C20H24N2O5/c23-16-11-15(18(25)22-16)10-13-4-6-14(7-5-13)17(24)21-12-20(19(26)27)8-2-1-3-9-20/h4-7,15H,1-3,8-12H2,(H,21,24)(H,26,27)(H,22,23,25). The molecule has 1 saturated heterocycles. The van der Waals surface area contributed by atoms with Crippen molar-refractivity contribution in [3.05, 3.63) is 35.4 Å². The quantitative estimate of drug-likeness (QED) is 0.658. The molecule has 1 aliphatic heterocycles. The van der Waals surface area contributed by atoms with Crippen LogP contribution in [-0.4, -0.2) is 35.3 Å². The average molecular weight is 372 g/mol. The van der Waals surface area contributed by atoms with E-state index in [1.807, 2.05) is 0 Å². The predicted octanol–water partition coefficient (Wildman–Crippen LogP) is 1.66. The van der Waals surface area contributed by atoms with Crippen LogP contribution in [0.3, 0.4) is 0 Å². The van der Waals surface area contributed by atoms with Crippen LogP contribution in [0.15, 0.2) is 24.3 Å². The summed E-state index contributed by atoms with van der Waals surface area (Å²) in [5.41, 5.74) is 0.452. The molecule has 0 radical (unpaired) electrons. The number of imide groups is 1. The molecule has 0 aromatic heterocycles. The zero-order valence-electron chi connectivity index (χ0n) is 15.1. The van der Waals surface area contributed by atoms with E-state index in [0.717, 1.165) is 24.8 Å². The minimum atomic E-state index is -0.865. The number of amides is 3. The van der Waals surface area contributed by atoms with E-state index in [1.54, 1.807) is 24.3 Å². The Balaban J connectivity index is 1.58. The maximum Gasteiger partial charge on any atom is 0.311 e. The highest BCUT2D eigenvalue weighted by Gasteiger charge is 2.39. The van der Waals surface area contributed by atoms with Gasteiger partial charge in [-0.05, 0) is 37.0 Å². The first-order chi connectivity index (χ1) is 12.9. The second-order valence-corrected chi connectivity index (χ2v) is 7.54. The molecule has 3 amide bonds. The normalized spacial score (nSPS) is 21.6. The first-order valence-corrected chi connectivity index (χ1v) is 9.34. The van der Waals surface area contributed by atoms with Gasteiger partial charge < -0.3 is 10.4 Å². The maximum absolute atomic E-state index is 12.4. The number of aliphatic carboxylic acids is 1. The van der Waals surface area contributed by atoms with Crippen molar-refractivity contribution in [2.75, 3.05) is 6.54 Å². The summed E-state index contributed by atoms with van der Waals surface area (Å²) >= 11 is 0. The third-order valence-corrected chi connectivity index (χ3v) is 5.62. The van der Waals surface area contributed by atoms with Gasteiger partial charge in [-0.1, -0.05) is 31.4 Å². The fraction of sp³-hybridized carbons (Fsp3) is 0.500. The van der Waals surface area contributed by atoms with Gasteiger partial charge in [-0.3, -0.25) is 24.5 Å². The topological polar surface area (TPSA) is 113 Å². The van der Waals surface area contributed by atoms with Gasteiger partial charge in [0, 0.05) is 18.5 Å². The van der Waals surface area contributed by atoms with Crippen molar-refractivity contribution in [1.29, 1.82) is 0 Å². The van der Waals surface area contributed by atoms with E-state index in [2.05, 4.69) is 10.6 Å². The highest BCUT2D eigenvalue weighted by molar-refractivity contribution is 6.03. The number of hydrogen-bond acceptors (Lipinski definition) is 4. The number of carboxylic acids is 1. The molecule has 144 valence electrons. The molecule has 1 unspecified atom stereocenters. The van der Waals surface area contributed by atoms with Crippen LogP contribution in [-0.2, 0) is 20.8 Å². The summed E-state index contributed by atoms with van der Waals surface area (Å²) in [6, 6.07) is 6.85. The molecule has 1 aliphatic carbocycles. The van der Waals surface area contributed by atoms with Crippen LogP contribution >= 0.6 is 0 Å². The number of benzene rings is 1. The van der Waals surface area contributed by atoms with Gasteiger partial charge in [0.15, 0.2) is 0 Å². The van der Waals surface area contributed by atoms with E-state index in [0.29, 0.717) is 24.8 Å². The van der Waals surface area contributed by atoms with E-state index >= 15 is 0 Å². The fourth-order valence-electron chi connectivity index (χ4n) is 3.89. The summed E-state index contributed by atoms with van der Waals surface area (Å²) < 4.78 is 0. The Morgan fingerprint density at radius 1 is 1.11 bits per heavy atom. The van der Waals surface area contributed by atoms with Crippen LogP contribution in [0.25, 0.3) is 0 Å². The number of rotatable bonds is 6. The molecule has 1 saturated carbocycles. The van der Waals surface area contributed by atoms with Gasteiger partial charge in [0.25, 0.3) is 5.91 Å². The lowest BCUT2D eigenvalue weighted by atomic mass is 9.74. The fourth-order valence-corrected chi connectivity index (χ4v) is 3.89. The summed E-state index contributed by atoms with van der Waals surface area (Å²) in [7, 11) is 0. The first kappa shape index (κ1) is 19.1. The molecule has 3 N–H and O–H groups in total. The second-order valence-electron chi connectivity index (χ2n) is 7.54. The molecule has 1 atom stereocenters. The number of hydrogen-bond donors (Lipinski definition) is 3. The molecule has 2 fully saturated rings. The largest absolute Gasteiger partial charge is 0.481 e. The second kappa shape index (κ2) is 7.90. The smallest absolute Gasteiger partial charge is 0.311 e. The molecule has 0 bridgehead atoms. The first-order valence-electron chi connectivity index (χ1n) is 9.34. The van der Waals surface area contributed by atoms with E-state index in [9.17, 15) is 24.3 Å². The predicted molar refractivity (Wildman–Crippen MR) is 96.9 cm³/mol. The molecule has 1 aromatic carbocycles. The summed E-state index contributed by atoms with van der Waals surface area (Å²) in [4.78, 5) is 47.0. The third kappa shape index (κ3) is 4.35. The molecule has 1 heterocycles. The molecular weight excluding hydrogens is 348 g/mol. The lowest BCUT2D eigenvalue weighted by molar-refractivity contribution is -0.150. The van der Waals surface area contributed by atoms with Crippen molar-refractivity contribution < 1.29 is 24.3 Å². The Morgan fingerprint density at radius 2 is 1.78 bits per heavy atom. The summed E-state index contributed by atoms with van der Waals surface area (Å²) in [6.45, 7) is 0.132. The van der Waals surface area contributed by atoms with Crippen LogP contribution in [0.2, 0.25) is 0 Å². The number of carboxylic acid groups (broad SMARTS) is 1. The van der Waals surface area contributed by atoms with Crippen LogP contribution in [0.4, 0.5) is 0 Å². The Hall–Kier alpha value is -2.70. The average Bonchev–Trinajstić information content (AvgIpc) is 2.98. The monoisotopic (exact) mass is 372 g/mol. The van der Waals surface area contributed by atoms with Crippen molar-refractivity contribution >= 4 is 23.7 Å². The number of carbonyl (C=O) groups is 4. The van der Waals surface area contributed by atoms with E-state index in [-0.39, 0.29) is 36.6 Å². The van der Waals surface area contributed by atoms with E-state index < -0.39 is 11.4 Å². The molecule has 1 aromatic rings. The maximum atomic E-state index is 12.4. The Kier molecular flexibility index (Phi) is 5.58. The van der Waals surface area contributed by atoms with Crippen LogP contribution in [0, 0.1) is 11.3 Å². The molecule has 7 heteroatoms. The van der Waals surface area contributed by atoms with Gasteiger partial charge in [0.05, 0.1) is 11.3 Å². The van der Waals surface area contributed by atoms with Crippen molar-refractivity contribution in [3.8, 4) is 0 Å². The SMILES string of the molecule is O=C1CC(Cc2ccc(C(=O)NCC3(C(=O)O)CCCCC3)cc2)C(=O)N1. The number of carbonyl (C=O) groups excluding carboxylic acids is 3. The highest BCUT2D eigenvalue weighted by Crippen LogP contribution is 2.36. The molecule has 0 spiro atoms. The minimum absolute atomic E-state index is 0.132. The van der Waals surface area contributed by atoms with Crippen LogP contribution in [0.5, 0.6) is 0 Å². The lowest BCUT2D eigenvalue weighted by Crippen LogP contribution is -2.44. The zero-order chi connectivity index (χ0) is 19.4. The van der Waals surface area contributed by atoms with Crippen molar-refractivity contribution in [1.82, 2.24) is 10.6 Å². The van der Waals surface area contributed by atoms with Crippen LogP contribution < -0.4 is 10.6 Å². The van der Waals surface area contributed by atoms with Gasteiger partial charge in [-0.2, -0.15) is 0 Å². The summed E-state index contributed by atoms with van der Waals surface area (Å²) in [6.07, 6.45) is 4.59. The molecule has 27 heavy (non-hydrogen) atoms. The summed E-state index contributed by atoms with van der Waals surface area (Å²) in [5.74, 6) is -2.02. The molecular formula is C20H24N2O5. The Morgan fingerprint density at radius 3 is 2.33 bits per heavy atom. The van der Waals surface area contributed by atoms with Gasteiger partial charge in [0.2, 0.25) is 11.8 Å². The van der Waals surface area contributed by atoms with Gasteiger partial charge in [-0.25, -0.2) is 0 Å². The van der Waals surface area contributed by atoms with Crippen molar-refractivity contribution in [3.63, 3.8) is 0 Å². The minimum Gasteiger partial charge on any atom is -0.481 e. The van der Waals surface area contributed by atoms with Crippen molar-refractivity contribution in [2.45, 2.75) is 44.9 Å². The molecule has 3 rings (SSSR count). The van der Waals surface area contributed by atoms with E-state index in [4.69, 9.17) is 0 Å². The highest BCUT2D eigenvalue weighted by atomic mass is 16.4. The Bertz CT molecular complexity index is 750. The van der Waals surface area contributed by atoms with Gasteiger partial charge >= 0.3 is 5.97 Å². The van der Waals surface area contributed by atoms with E-state index in [1.165, 1.54) is 0 Å². The molecule has 2 aliphatic rings. The van der Waals surface area contributed by atoms with Gasteiger partial charge in [0.1, 0.15) is 0 Å². The number of nitrogens with one attached hydrogen (secondary N) is 2. The molecule has 7 nitrogen and oxygen atoms in total. The zero-order valence-corrected chi connectivity index (χ0v) is 15.1. The van der Waals surface area contributed by atoms with Gasteiger partial charge in [-0.15, -0.1) is 0 Å². The summed E-state index contributed by atoms with van der Waals surface area (Å²) in [5, 5.41) is 14.6.